The zero-order valence-electron chi connectivity index (χ0n) is 11.9. The molecule has 0 heterocycles. The highest BCUT2D eigenvalue weighted by atomic mass is 31.2. The van der Waals surface area contributed by atoms with E-state index < -0.39 is 7.60 Å². The van der Waals surface area contributed by atoms with Gasteiger partial charge >= 0.3 is 7.60 Å². The first-order chi connectivity index (χ1) is 8.91. The molecule has 0 aliphatic heterocycles. The molecule has 19 heavy (non-hydrogen) atoms. The van der Waals surface area contributed by atoms with Gasteiger partial charge in [0, 0.05) is 12.1 Å². The van der Waals surface area contributed by atoms with Crippen molar-refractivity contribution >= 4 is 7.60 Å². The Bertz CT molecular complexity index is 469. The van der Waals surface area contributed by atoms with E-state index in [1.807, 2.05) is 58.0 Å². The minimum Gasteiger partial charge on any atom is -0.297 e. The molecule has 0 spiro atoms. The predicted octanol–water partition coefficient (Wildman–Crippen LogP) is 4.23. The summed E-state index contributed by atoms with van der Waals surface area (Å²) in [6.45, 7) is 7.26. The Morgan fingerprint density at radius 1 is 1.05 bits per heavy atom. The summed E-state index contributed by atoms with van der Waals surface area (Å²) in [5.41, 5.74) is 3.75. The van der Waals surface area contributed by atoms with Crippen molar-refractivity contribution in [3.63, 3.8) is 0 Å². The highest BCUT2D eigenvalue weighted by Gasteiger charge is 2.24. The maximum absolute atomic E-state index is 12.4. The average Bonchev–Trinajstić information content (AvgIpc) is 2.27. The van der Waals surface area contributed by atoms with E-state index in [2.05, 4.69) is 11.6 Å². The Kier molecular flexibility index (Phi) is 6.31. The van der Waals surface area contributed by atoms with Crippen LogP contribution in [0.4, 0.5) is 0 Å². The summed E-state index contributed by atoms with van der Waals surface area (Å²) in [5.74, 6) is 2.89. The third kappa shape index (κ3) is 6.59. The third-order valence-electron chi connectivity index (χ3n) is 2.05. The SMILES string of the molecule is CC(C)OP(=O)(C#CCc1ccccc1)OC(C)C. The molecular weight excluding hydrogens is 259 g/mol. The fraction of sp³-hybridized carbons (Fsp3) is 0.467. The van der Waals surface area contributed by atoms with E-state index in [0.717, 1.165) is 5.56 Å². The van der Waals surface area contributed by atoms with Crippen LogP contribution in [0.5, 0.6) is 0 Å². The zero-order chi connectivity index (χ0) is 14.3. The minimum atomic E-state index is -3.33. The fourth-order valence-corrected chi connectivity index (χ4v) is 3.00. The molecule has 4 heteroatoms. The number of benzene rings is 1. The molecule has 0 amide bonds. The molecule has 0 aliphatic rings. The molecular formula is C15H21O3P. The summed E-state index contributed by atoms with van der Waals surface area (Å²) < 4.78 is 23.1. The van der Waals surface area contributed by atoms with Crippen LogP contribution < -0.4 is 0 Å². The van der Waals surface area contributed by atoms with Crippen LogP contribution in [-0.2, 0) is 20.0 Å². The molecule has 0 aliphatic carbocycles. The summed E-state index contributed by atoms with van der Waals surface area (Å²) in [6.07, 6.45) is 0.166. The predicted molar refractivity (Wildman–Crippen MR) is 78.0 cm³/mol. The largest absolute Gasteiger partial charge is 0.406 e. The van der Waals surface area contributed by atoms with Crippen molar-refractivity contribution in [3.05, 3.63) is 35.9 Å². The van der Waals surface area contributed by atoms with Gasteiger partial charge in [0.15, 0.2) is 0 Å². The van der Waals surface area contributed by atoms with Crippen molar-refractivity contribution in [2.45, 2.75) is 46.3 Å². The first-order valence-electron chi connectivity index (χ1n) is 6.42. The molecule has 1 aromatic rings. The van der Waals surface area contributed by atoms with Gasteiger partial charge in [0.25, 0.3) is 0 Å². The molecule has 0 saturated heterocycles. The van der Waals surface area contributed by atoms with Gasteiger partial charge in [-0.05, 0) is 33.3 Å². The van der Waals surface area contributed by atoms with Gasteiger partial charge in [0.05, 0.1) is 12.2 Å². The molecule has 0 aromatic heterocycles. The van der Waals surface area contributed by atoms with Crippen LogP contribution >= 0.6 is 7.60 Å². The average molecular weight is 280 g/mol. The minimum absolute atomic E-state index is 0.185. The second kappa shape index (κ2) is 7.50. The van der Waals surface area contributed by atoms with E-state index in [0.29, 0.717) is 6.42 Å². The van der Waals surface area contributed by atoms with Crippen molar-refractivity contribution < 1.29 is 13.6 Å². The monoisotopic (exact) mass is 280 g/mol. The third-order valence-corrected chi connectivity index (χ3v) is 3.88. The lowest BCUT2D eigenvalue weighted by Gasteiger charge is -2.17. The van der Waals surface area contributed by atoms with Gasteiger partial charge < -0.3 is 0 Å². The van der Waals surface area contributed by atoms with Crippen LogP contribution in [0, 0.1) is 11.6 Å². The molecule has 0 atom stereocenters. The molecule has 0 unspecified atom stereocenters. The van der Waals surface area contributed by atoms with E-state index in [1.54, 1.807) is 0 Å². The van der Waals surface area contributed by atoms with Crippen molar-refractivity contribution in [1.82, 2.24) is 0 Å². The number of hydrogen-bond donors (Lipinski definition) is 0. The maximum atomic E-state index is 12.4. The highest BCUT2D eigenvalue weighted by Crippen LogP contribution is 2.49. The Labute approximate surface area is 115 Å². The number of hydrogen-bond acceptors (Lipinski definition) is 3. The van der Waals surface area contributed by atoms with E-state index in [-0.39, 0.29) is 12.2 Å². The second-order valence-electron chi connectivity index (χ2n) is 4.76. The van der Waals surface area contributed by atoms with Crippen LogP contribution in [0.1, 0.15) is 33.3 Å². The summed E-state index contributed by atoms with van der Waals surface area (Å²) in [6, 6.07) is 9.81. The Morgan fingerprint density at radius 2 is 1.58 bits per heavy atom. The molecule has 0 fully saturated rings. The summed E-state index contributed by atoms with van der Waals surface area (Å²) in [7, 11) is -3.33. The lowest BCUT2D eigenvalue weighted by molar-refractivity contribution is 0.151. The molecule has 1 aromatic carbocycles. The van der Waals surface area contributed by atoms with Crippen LogP contribution in [0.2, 0.25) is 0 Å². The van der Waals surface area contributed by atoms with Crippen LogP contribution in [-0.4, -0.2) is 12.2 Å². The lowest BCUT2D eigenvalue weighted by atomic mass is 10.2. The summed E-state index contributed by atoms with van der Waals surface area (Å²) in [5, 5.41) is 0. The first kappa shape index (κ1) is 16.0. The van der Waals surface area contributed by atoms with Gasteiger partial charge in [0.2, 0.25) is 0 Å². The van der Waals surface area contributed by atoms with Gasteiger partial charge in [-0.15, -0.1) is 0 Å². The van der Waals surface area contributed by atoms with Crippen LogP contribution in [0.15, 0.2) is 30.3 Å². The van der Waals surface area contributed by atoms with Crippen molar-refractivity contribution in [2.24, 2.45) is 0 Å². The van der Waals surface area contributed by atoms with Crippen molar-refractivity contribution in [2.75, 3.05) is 0 Å². The molecule has 104 valence electrons. The fourth-order valence-electron chi connectivity index (χ4n) is 1.47. The van der Waals surface area contributed by atoms with E-state index in [4.69, 9.17) is 9.05 Å². The van der Waals surface area contributed by atoms with E-state index in [9.17, 15) is 4.57 Å². The van der Waals surface area contributed by atoms with Crippen molar-refractivity contribution in [1.29, 1.82) is 0 Å². The highest BCUT2D eigenvalue weighted by molar-refractivity contribution is 7.59. The van der Waals surface area contributed by atoms with Gasteiger partial charge in [-0.3, -0.25) is 9.05 Å². The molecule has 1 rings (SSSR count). The lowest BCUT2D eigenvalue weighted by Crippen LogP contribution is -2.06. The van der Waals surface area contributed by atoms with Crippen LogP contribution in [0.3, 0.4) is 0 Å². The Balaban J connectivity index is 2.75. The molecule has 0 saturated carbocycles. The smallest absolute Gasteiger partial charge is 0.297 e. The van der Waals surface area contributed by atoms with Crippen molar-refractivity contribution in [3.8, 4) is 11.6 Å². The topological polar surface area (TPSA) is 35.5 Å². The first-order valence-corrected chi connectivity index (χ1v) is 7.96. The second-order valence-corrected chi connectivity index (χ2v) is 6.40. The summed E-state index contributed by atoms with van der Waals surface area (Å²) >= 11 is 0. The number of rotatable bonds is 5. The van der Waals surface area contributed by atoms with Gasteiger partial charge in [0.1, 0.15) is 0 Å². The molecule has 0 N–H and O–H groups in total. The molecule has 0 bridgehead atoms. The standard InChI is InChI=1S/C15H21O3P/c1-13(2)17-19(16,18-14(3)4)12-8-11-15-9-6-5-7-10-15/h5-7,9-10,13-14H,11H2,1-4H3. The summed E-state index contributed by atoms with van der Waals surface area (Å²) in [4.78, 5) is 0. The van der Waals surface area contributed by atoms with Gasteiger partial charge in [-0.25, -0.2) is 4.57 Å². The van der Waals surface area contributed by atoms with Gasteiger partial charge in [-0.2, -0.15) is 0 Å². The normalized spacial score (nSPS) is 11.5. The van der Waals surface area contributed by atoms with Gasteiger partial charge in [-0.1, -0.05) is 36.3 Å². The zero-order valence-corrected chi connectivity index (χ0v) is 12.8. The van der Waals surface area contributed by atoms with E-state index >= 15 is 0 Å². The Hall–Kier alpha value is -1.07. The van der Waals surface area contributed by atoms with Crippen LogP contribution in [0.25, 0.3) is 0 Å². The molecule has 3 nitrogen and oxygen atoms in total. The Morgan fingerprint density at radius 3 is 2.05 bits per heavy atom. The quantitative estimate of drug-likeness (QED) is 0.598. The maximum Gasteiger partial charge on any atom is 0.406 e. The molecule has 0 radical (unpaired) electrons. The van der Waals surface area contributed by atoms with E-state index in [1.165, 1.54) is 0 Å².